The van der Waals surface area contributed by atoms with Gasteiger partial charge in [0.05, 0.1) is 12.3 Å². The number of fused-ring (bicyclic) bond motifs is 3. The van der Waals surface area contributed by atoms with Crippen molar-refractivity contribution in [3.05, 3.63) is 95.6 Å². The normalized spacial score (nSPS) is 13.8. The fraction of sp³-hybridized carbons (Fsp3) is 0.344. The maximum Gasteiger partial charge on any atom is 0.306 e. The predicted molar refractivity (Wildman–Crippen MR) is 148 cm³/mol. The van der Waals surface area contributed by atoms with Crippen molar-refractivity contribution in [2.24, 2.45) is 11.8 Å². The van der Waals surface area contributed by atoms with Crippen LogP contribution in [0.2, 0.25) is 0 Å². The van der Waals surface area contributed by atoms with E-state index in [0.29, 0.717) is 12.8 Å². The highest BCUT2D eigenvalue weighted by Gasteiger charge is 2.30. The largest absolute Gasteiger partial charge is 0.465 e. The fourth-order valence-electron chi connectivity index (χ4n) is 5.19. The molecule has 0 spiro atoms. The van der Waals surface area contributed by atoms with Gasteiger partial charge in [-0.3, -0.25) is 14.4 Å². The molecule has 0 unspecified atom stereocenters. The third-order valence-electron chi connectivity index (χ3n) is 6.88. The molecule has 4 rings (SSSR count). The molecule has 1 aliphatic rings. The highest BCUT2D eigenvalue weighted by atomic mass is 16.5. The van der Waals surface area contributed by atoms with E-state index in [1.54, 1.807) is 0 Å². The van der Waals surface area contributed by atoms with Crippen LogP contribution in [0.5, 0.6) is 0 Å². The molecule has 0 saturated heterocycles. The Bertz CT molecular complexity index is 1230. The maximum atomic E-state index is 13.4. The summed E-state index contributed by atoms with van der Waals surface area (Å²) in [5.41, 5.74) is 5.58. The van der Waals surface area contributed by atoms with Crippen LogP contribution < -0.4 is 10.6 Å². The molecule has 2 amide bonds. The average molecular weight is 513 g/mol. The van der Waals surface area contributed by atoms with Gasteiger partial charge in [0, 0.05) is 12.8 Å². The summed E-state index contributed by atoms with van der Waals surface area (Å²) in [4.78, 5) is 38.2. The Morgan fingerprint density at radius 3 is 1.97 bits per heavy atom. The molecule has 0 aliphatic heterocycles. The summed E-state index contributed by atoms with van der Waals surface area (Å²) in [6.07, 6.45) is 0.436. The topological polar surface area (TPSA) is 84.5 Å². The lowest BCUT2D eigenvalue weighted by molar-refractivity contribution is -0.147. The van der Waals surface area contributed by atoms with Crippen LogP contribution in [0.25, 0.3) is 11.1 Å². The molecule has 0 heterocycles. The van der Waals surface area contributed by atoms with E-state index in [0.717, 1.165) is 16.7 Å². The van der Waals surface area contributed by atoms with Crippen LogP contribution in [0.3, 0.4) is 0 Å². The summed E-state index contributed by atoms with van der Waals surface area (Å²) in [7, 11) is 0. The van der Waals surface area contributed by atoms with Gasteiger partial charge in [-0.2, -0.15) is 0 Å². The molecular weight excluding hydrogens is 476 g/mol. The number of esters is 1. The van der Waals surface area contributed by atoms with Crippen molar-refractivity contribution < 1.29 is 19.1 Å². The third kappa shape index (κ3) is 6.88. The Morgan fingerprint density at radius 1 is 0.816 bits per heavy atom. The van der Waals surface area contributed by atoms with Crippen molar-refractivity contribution in [2.45, 2.75) is 52.1 Å². The fourth-order valence-corrected chi connectivity index (χ4v) is 5.19. The standard InChI is InChI=1S/C32H36N2O4/c1-21(2)17-30(33-22(3)35)34-32(37)24(18-23-11-5-4-6-12-23)19-31(36)38-20-29-27-15-9-7-13-25(27)26-14-8-10-16-28(26)29/h4-16,21,24,29-30H,17-20H2,1-3H3,(H,33,35)(H,34,37)/t24-,30-/m1/s1. The minimum Gasteiger partial charge on any atom is -0.465 e. The second-order valence-corrected chi connectivity index (χ2v) is 10.4. The predicted octanol–water partition coefficient (Wildman–Crippen LogP) is 5.22. The lowest BCUT2D eigenvalue weighted by atomic mass is 9.94. The number of carbonyl (C=O) groups is 3. The number of nitrogens with one attached hydrogen (secondary N) is 2. The second-order valence-electron chi connectivity index (χ2n) is 10.4. The van der Waals surface area contributed by atoms with Crippen molar-refractivity contribution in [3.63, 3.8) is 0 Å². The zero-order chi connectivity index (χ0) is 27.1. The summed E-state index contributed by atoms with van der Waals surface area (Å²) < 4.78 is 5.80. The average Bonchev–Trinajstić information content (AvgIpc) is 3.20. The molecule has 198 valence electrons. The van der Waals surface area contributed by atoms with Crippen molar-refractivity contribution in [1.29, 1.82) is 0 Å². The molecular formula is C32H36N2O4. The van der Waals surface area contributed by atoms with Gasteiger partial charge in [-0.15, -0.1) is 0 Å². The molecule has 3 aromatic carbocycles. The first-order valence-corrected chi connectivity index (χ1v) is 13.3. The first kappa shape index (κ1) is 27.1. The zero-order valence-electron chi connectivity index (χ0n) is 22.3. The Hall–Kier alpha value is -3.93. The third-order valence-corrected chi connectivity index (χ3v) is 6.88. The summed E-state index contributed by atoms with van der Waals surface area (Å²) in [5.74, 6) is -1.31. The molecule has 3 aromatic rings. The van der Waals surface area contributed by atoms with Crippen molar-refractivity contribution in [3.8, 4) is 11.1 Å². The van der Waals surface area contributed by atoms with Gasteiger partial charge in [0.1, 0.15) is 12.8 Å². The minimum atomic E-state index is -0.628. The van der Waals surface area contributed by atoms with Gasteiger partial charge in [-0.1, -0.05) is 92.7 Å². The van der Waals surface area contributed by atoms with E-state index in [9.17, 15) is 14.4 Å². The zero-order valence-corrected chi connectivity index (χ0v) is 22.3. The summed E-state index contributed by atoms with van der Waals surface area (Å²) in [5, 5.41) is 5.76. The van der Waals surface area contributed by atoms with Crippen molar-refractivity contribution >= 4 is 17.8 Å². The van der Waals surface area contributed by atoms with Gasteiger partial charge in [-0.05, 0) is 46.6 Å². The van der Waals surface area contributed by atoms with Crippen LogP contribution >= 0.6 is 0 Å². The highest BCUT2D eigenvalue weighted by Crippen LogP contribution is 2.44. The number of amides is 2. The van der Waals surface area contributed by atoms with E-state index in [4.69, 9.17) is 4.74 Å². The molecule has 6 nitrogen and oxygen atoms in total. The maximum absolute atomic E-state index is 13.4. The lowest BCUT2D eigenvalue weighted by Crippen LogP contribution is -2.50. The molecule has 1 aliphatic carbocycles. The first-order chi connectivity index (χ1) is 18.3. The molecule has 2 N–H and O–H groups in total. The van der Waals surface area contributed by atoms with Crippen molar-refractivity contribution in [1.82, 2.24) is 10.6 Å². The van der Waals surface area contributed by atoms with Gasteiger partial charge in [0.25, 0.3) is 0 Å². The van der Waals surface area contributed by atoms with E-state index in [1.807, 2.05) is 68.4 Å². The van der Waals surface area contributed by atoms with Gasteiger partial charge in [-0.25, -0.2) is 0 Å². The summed E-state index contributed by atoms with van der Waals surface area (Å²) >= 11 is 0. The van der Waals surface area contributed by atoms with Gasteiger partial charge in [0.2, 0.25) is 11.8 Å². The van der Waals surface area contributed by atoms with Gasteiger partial charge < -0.3 is 15.4 Å². The van der Waals surface area contributed by atoms with Gasteiger partial charge in [0.15, 0.2) is 0 Å². The number of ether oxygens (including phenoxy) is 1. The van der Waals surface area contributed by atoms with Crippen LogP contribution in [0.1, 0.15) is 56.2 Å². The van der Waals surface area contributed by atoms with E-state index in [1.165, 1.54) is 18.1 Å². The molecule has 0 saturated carbocycles. The second kappa shape index (κ2) is 12.5. The molecule has 0 fully saturated rings. The number of benzene rings is 3. The SMILES string of the molecule is CC(=O)N[C@@H](CC(C)C)NC(=O)[C@@H](CC(=O)OCC1c2ccccc2-c2ccccc21)Cc1ccccc1. The van der Waals surface area contributed by atoms with E-state index in [2.05, 4.69) is 34.9 Å². The Labute approximate surface area is 224 Å². The smallest absolute Gasteiger partial charge is 0.306 e. The van der Waals surface area contributed by atoms with Crippen LogP contribution in [0.4, 0.5) is 0 Å². The van der Waals surface area contributed by atoms with E-state index < -0.39 is 18.1 Å². The molecule has 0 aromatic heterocycles. The van der Waals surface area contributed by atoms with Crippen LogP contribution in [0.15, 0.2) is 78.9 Å². The van der Waals surface area contributed by atoms with Crippen LogP contribution in [0, 0.1) is 11.8 Å². The number of hydrogen-bond acceptors (Lipinski definition) is 4. The molecule has 38 heavy (non-hydrogen) atoms. The monoisotopic (exact) mass is 512 g/mol. The quantitative estimate of drug-likeness (QED) is 0.273. The van der Waals surface area contributed by atoms with E-state index in [-0.39, 0.29) is 36.7 Å². The van der Waals surface area contributed by atoms with Crippen molar-refractivity contribution in [2.75, 3.05) is 6.61 Å². The summed E-state index contributed by atoms with van der Waals surface area (Å²) in [6.45, 7) is 5.70. The Morgan fingerprint density at radius 2 is 1.39 bits per heavy atom. The molecule has 0 radical (unpaired) electrons. The molecule has 6 heteroatoms. The molecule has 0 bridgehead atoms. The molecule has 2 atom stereocenters. The summed E-state index contributed by atoms with van der Waals surface area (Å²) in [6, 6.07) is 26.0. The van der Waals surface area contributed by atoms with E-state index >= 15 is 0 Å². The number of hydrogen-bond donors (Lipinski definition) is 2. The lowest BCUT2D eigenvalue weighted by Gasteiger charge is -2.24. The Balaban J connectivity index is 1.46. The number of carbonyl (C=O) groups excluding carboxylic acids is 3. The van der Waals surface area contributed by atoms with Crippen LogP contribution in [-0.4, -0.2) is 30.6 Å². The Kier molecular flexibility index (Phi) is 8.95. The first-order valence-electron chi connectivity index (χ1n) is 13.3. The van der Waals surface area contributed by atoms with Crippen LogP contribution in [-0.2, 0) is 25.5 Å². The number of rotatable bonds is 11. The van der Waals surface area contributed by atoms with Gasteiger partial charge >= 0.3 is 5.97 Å². The minimum absolute atomic E-state index is 0.0389. The highest BCUT2D eigenvalue weighted by molar-refractivity contribution is 5.85.